The minimum absolute atomic E-state index is 0.609. The number of nitrogens with one attached hydrogen (secondary N) is 1. The van der Waals surface area contributed by atoms with Crippen LogP contribution in [0.15, 0.2) is 30.3 Å². The molecule has 1 heterocycles. The van der Waals surface area contributed by atoms with Crippen LogP contribution >= 0.6 is 0 Å². The molecular formula is C14H16N2O. The number of aryl methyl sites for hydroxylation is 1. The average Bonchev–Trinajstić information content (AvgIpc) is 2.80. The summed E-state index contributed by atoms with van der Waals surface area (Å²) in [6.45, 7) is 2.13. The highest BCUT2D eigenvalue weighted by atomic mass is 16.1. The van der Waals surface area contributed by atoms with E-state index in [9.17, 15) is 4.79 Å². The zero-order valence-electron chi connectivity index (χ0n) is 9.94. The van der Waals surface area contributed by atoms with Crippen LogP contribution in [0.3, 0.4) is 0 Å². The second-order valence-electron chi connectivity index (χ2n) is 4.03. The molecule has 3 nitrogen and oxygen atoms in total. The molecule has 0 aliphatic rings. The van der Waals surface area contributed by atoms with Gasteiger partial charge < -0.3 is 4.98 Å². The molecule has 0 atom stereocenters. The van der Waals surface area contributed by atoms with E-state index in [2.05, 4.69) is 16.9 Å². The van der Waals surface area contributed by atoms with Gasteiger partial charge in [0.2, 0.25) is 0 Å². The van der Waals surface area contributed by atoms with Gasteiger partial charge in [-0.05, 0) is 12.8 Å². The third-order valence-electron chi connectivity index (χ3n) is 2.74. The number of hydrogen-bond acceptors (Lipinski definition) is 2. The van der Waals surface area contributed by atoms with Gasteiger partial charge >= 0.3 is 0 Å². The van der Waals surface area contributed by atoms with E-state index >= 15 is 0 Å². The highest BCUT2D eigenvalue weighted by Crippen LogP contribution is 2.18. The van der Waals surface area contributed by atoms with Gasteiger partial charge in [-0.1, -0.05) is 43.7 Å². The van der Waals surface area contributed by atoms with Crippen molar-refractivity contribution in [2.24, 2.45) is 0 Å². The van der Waals surface area contributed by atoms with Crippen molar-refractivity contribution in [3.63, 3.8) is 0 Å². The molecule has 88 valence electrons. The highest BCUT2D eigenvalue weighted by Gasteiger charge is 2.09. The molecular weight excluding hydrogens is 212 g/mol. The van der Waals surface area contributed by atoms with E-state index in [1.54, 1.807) is 0 Å². The first kappa shape index (κ1) is 11.6. The van der Waals surface area contributed by atoms with Gasteiger partial charge in [-0.25, -0.2) is 4.98 Å². The second kappa shape index (κ2) is 5.43. The van der Waals surface area contributed by atoms with Gasteiger partial charge in [0.15, 0.2) is 6.29 Å². The number of imidazole rings is 1. The molecule has 0 aliphatic heterocycles. The van der Waals surface area contributed by atoms with E-state index in [1.807, 2.05) is 30.3 Å². The van der Waals surface area contributed by atoms with Crippen molar-refractivity contribution in [1.29, 1.82) is 0 Å². The van der Waals surface area contributed by atoms with Gasteiger partial charge in [-0.3, -0.25) is 4.79 Å². The number of aromatic amines is 1. The Bertz CT molecular complexity index is 488. The molecule has 0 spiro atoms. The van der Waals surface area contributed by atoms with Crippen molar-refractivity contribution < 1.29 is 4.79 Å². The van der Waals surface area contributed by atoms with E-state index in [0.717, 1.165) is 42.6 Å². The minimum Gasteiger partial charge on any atom is -0.336 e. The van der Waals surface area contributed by atoms with Crippen LogP contribution in [-0.4, -0.2) is 16.3 Å². The minimum atomic E-state index is 0.609. The first-order valence-corrected chi connectivity index (χ1v) is 5.94. The van der Waals surface area contributed by atoms with Gasteiger partial charge in [0.05, 0.1) is 5.69 Å². The topological polar surface area (TPSA) is 45.8 Å². The van der Waals surface area contributed by atoms with Crippen molar-refractivity contribution in [3.8, 4) is 11.4 Å². The van der Waals surface area contributed by atoms with E-state index < -0.39 is 0 Å². The fraction of sp³-hybridized carbons (Fsp3) is 0.286. The Morgan fingerprint density at radius 2 is 2.06 bits per heavy atom. The number of benzene rings is 1. The Labute approximate surface area is 101 Å². The zero-order valence-corrected chi connectivity index (χ0v) is 9.94. The Morgan fingerprint density at radius 1 is 1.29 bits per heavy atom. The van der Waals surface area contributed by atoms with Crippen LogP contribution in [0.5, 0.6) is 0 Å². The summed E-state index contributed by atoms with van der Waals surface area (Å²) in [6.07, 6.45) is 3.87. The number of H-pyrrole nitrogens is 1. The van der Waals surface area contributed by atoms with Crippen molar-refractivity contribution in [2.75, 3.05) is 0 Å². The summed E-state index contributed by atoms with van der Waals surface area (Å²) >= 11 is 0. The number of aldehydes is 1. The lowest BCUT2D eigenvalue weighted by molar-refractivity contribution is 0.111. The Morgan fingerprint density at radius 3 is 2.71 bits per heavy atom. The van der Waals surface area contributed by atoms with Crippen LogP contribution in [0, 0.1) is 0 Å². The Kier molecular flexibility index (Phi) is 3.70. The molecule has 0 radical (unpaired) electrons. The monoisotopic (exact) mass is 228 g/mol. The van der Waals surface area contributed by atoms with Gasteiger partial charge in [0.25, 0.3) is 0 Å². The lowest BCUT2D eigenvalue weighted by Gasteiger charge is -1.94. The maximum Gasteiger partial charge on any atom is 0.168 e. The maximum atomic E-state index is 11.0. The molecule has 0 fully saturated rings. The van der Waals surface area contributed by atoms with Crippen LogP contribution in [-0.2, 0) is 6.42 Å². The molecule has 0 unspecified atom stereocenters. The summed E-state index contributed by atoms with van der Waals surface area (Å²) in [5.41, 5.74) is 2.50. The van der Waals surface area contributed by atoms with Gasteiger partial charge in [0.1, 0.15) is 11.5 Å². The van der Waals surface area contributed by atoms with Crippen LogP contribution < -0.4 is 0 Å². The molecule has 0 bridgehead atoms. The lowest BCUT2D eigenvalue weighted by Crippen LogP contribution is -1.90. The van der Waals surface area contributed by atoms with E-state index in [-0.39, 0.29) is 0 Å². The molecule has 1 aromatic heterocycles. The van der Waals surface area contributed by atoms with E-state index in [0.29, 0.717) is 5.69 Å². The third kappa shape index (κ3) is 2.61. The number of carbonyl (C=O) groups excluding carboxylic acids is 1. The summed E-state index contributed by atoms with van der Waals surface area (Å²) in [5, 5.41) is 0. The summed E-state index contributed by atoms with van der Waals surface area (Å²) in [5.74, 6) is 0.777. The van der Waals surface area contributed by atoms with Gasteiger partial charge in [-0.2, -0.15) is 0 Å². The normalized spacial score (nSPS) is 10.4. The largest absolute Gasteiger partial charge is 0.336 e. The molecule has 0 amide bonds. The fourth-order valence-electron chi connectivity index (χ4n) is 1.79. The number of unbranched alkanes of at least 4 members (excludes halogenated alkanes) is 1. The zero-order chi connectivity index (χ0) is 12.1. The lowest BCUT2D eigenvalue weighted by atomic mass is 10.2. The predicted molar refractivity (Wildman–Crippen MR) is 68.0 cm³/mol. The van der Waals surface area contributed by atoms with Gasteiger partial charge in [-0.15, -0.1) is 0 Å². The molecule has 17 heavy (non-hydrogen) atoms. The number of carbonyl (C=O) groups is 1. The molecule has 2 rings (SSSR count). The fourth-order valence-corrected chi connectivity index (χ4v) is 1.79. The van der Waals surface area contributed by atoms with Crippen molar-refractivity contribution in [3.05, 3.63) is 41.7 Å². The number of hydrogen-bond donors (Lipinski definition) is 1. The molecule has 2 aromatic rings. The number of aromatic nitrogens is 2. The SMILES string of the molecule is CCCCc1nc(-c2ccccc2)[nH]c1C=O. The predicted octanol–water partition coefficient (Wildman–Crippen LogP) is 3.23. The molecule has 1 N–H and O–H groups in total. The van der Waals surface area contributed by atoms with Crippen molar-refractivity contribution >= 4 is 6.29 Å². The average molecular weight is 228 g/mol. The van der Waals surface area contributed by atoms with Crippen LogP contribution in [0.2, 0.25) is 0 Å². The van der Waals surface area contributed by atoms with Crippen LogP contribution in [0.25, 0.3) is 11.4 Å². The maximum absolute atomic E-state index is 11.0. The summed E-state index contributed by atoms with van der Waals surface area (Å²) in [7, 11) is 0. The van der Waals surface area contributed by atoms with E-state index in [1.165, 1.54) is 0 Å². The molecule has 0 aliphatic carbocycles. The summed E-state index contributed by atoms with van der Waals surface area (Å²) in [4.78, 5) is 18.5. The smallest absolute Gasteiger partial charge is 0.168 e. The quantitative estimate of drug-likeness (QED) is 0.798. The van der Waals surface area contributed by atoms with Crippen LogP contribution in [0.4, 0.5) is 0 Å². The molecule has 1 aromatic carbocycles. The standard InChI is InChI=1S/C14H16N2O/c1-2-3-9-12-13(10-17)16-14(15-12)11-7-5-4-6-8-11/h4-8,10H,2-3,9H2,1H3,(H,15,16). The Hall–Kier alpha value is -1.90. The number of rotatable bonds is 5. The summed E-state index contributed by atoms with van der Waals surface area (Å²) in [6, 6.07) is 9.85. The van der Waals surface area contributed by atoms with E-state index in [4.69, 9.17) is 0 Å². The second-order valence-corrected chi connectivity index (χ2v) is 4.03. The highest BCUT2D eigenvalue weighted by molar-refractivity contribution is 5.75. The van der Waals surface area contributed by atoms with Crippen molar-refractivity contribution in [1.82, 2.24) is 9.97 Å². The molecule has 0 saturated heterocycles. The van der Waals surface area contributed by atoms with Gasteiger partial charge in [0, 0.05) is 5.56 Å². The number of nitrogens with zero attached hydrogens (tertiary/aromatic N) is 1. The molecule has 0 saturated carbocycles. The molecule has 3 heteroatoms. The third-order valence-corrected chi connectivity index (χ3v) is 2.74. The Balaban J connectivity index is 2.31. The van der Waals surface area contributed by atoms with Crippen LogP contribution in [0.1, 0.15) is 35.9 Å². The van der Waals surface area contributed by atoms with Crippen molar-refractivity contribution in [2.45, 2.75) is 26.2 Å². The summed E-state index contributed by atoms with van der Waals surface area (Å²) < 4.78 is 0. The first-order chi connectivity index (χ1) is 8.35. The first-order valence-electron chi connectivity index (χ1n) is 5.94.